The second kappa shape index (κ2) is 6.40. The first-order valence-corrected chi connectivity index (χ1v) is 8.87. The molecule has 4 N–H and O–H groups in total. The summed E-state index contributed by atoms with van der Waals surface area (Å²) in [7, 11) is 0. The number of aromatic nitrogens is 2. The zero-order chi connectivity index (χ0) is 16.5. The number of carbonyl (C=O) groups is 1. The van der Waals surface area contributed by atoms with Crippen molar-refractivity contribution in [2.75, 3.05) is 5.32 Å². The Balaban J connectivity index is 1.49. The van der Waals surface area contributed by atoms with Gasteiger partial charge in [0.2, 0.25) is 5.91 Å². The highest BCUT2D eigenvalue weighted by Crippen LogP contribution is 2.42. The Morgan fingerprint density at radius 2 is 1.88 bits per heavy atom. The summed E-state index contributed by atoms with van der Waals surface area (Å²) < 4.78 is 0. The minimum absolute atomic E-state index is 0.0682. The zero-order valence-corrected chi connectivity index (χ0v) is 13.7. The van der Waals surface area contributed by atoms with E-state index < -0.39 is 0 Å². The van der Waals surface area contributed by atoms with E-state index >= 15 is 0 Å². The number of H-pyrrole nitrogens is 1. The van der Waals surface area contributed by atoms with Crippen molar-refractivity contribution in [1.29, 1.82) is 0 Å². The smallest absolute Gasteiger partial charge is 0.227 e. The predicted octanol–water partition coefficient (Wildman–Crippen LogP) is 3.17. The largest absolute Gasteiger partial charge is 0.327 e. The highest BCUT2D eigenvalue weighted by Gasteiger charge is 2.40. The molecule has 2 atom stereocenters. The van der Waals surface area contributed by atoms with Gasteiger partial charge in [-0.05, 0) is 37.5 Å². The van der Waals surface area contributed by atoms with E-state index in [0.717, 1.165) is 29.8 Å². The van der Waals surface area contributed by atoms with Crippen molar-refractivity contribution in [1.82, 2.24) is 10.2 Å². The van der Waals surface area contributed by atoms with Crippen LogP contribution in [0.1, 0.15) is 32.1 Å². The Hall–Kier alpha value is -2.14. The molecule has 1 heterocycles. The van der Waals surface area contributed by atoms with E-state index in [1.807, 2.05) is 30.3 Å². The first-order chi connectivity index (χ1) is 11.7. The Morgan fingerprint density at radius 1 is 1.17 bits per heavy atom. The van der Waals surface area contributed by atoms with Crippen LogP contribution in [0.25, 0.3) is 11.3 Å². The molecule has 2 bridgehead atoms. The second-order valence-electron chi connectivity index (χ2n) is 7.21. The highest BCUT2D eigenvalue weighted by atomic mass is 16.1. The molecule has 2 aliphatic carbocycles. The number of hydrogen-bond donors (Lipinski definition) is 3. The summed E-state index contributed by atoms with van der Waals surface area (Å²) in [6.45, 7) is 0. The molecule has 4 rings (SSSR count). The molecule has 2 fully saturated rings. The fourth-order valence-electron chi connectivity index (χ4n) is 4.44. The Labute approximate surface area is 142 Å². The topological polar surface area (TPSA) is 83.8 Å². The van der Waals surface area contributed by atoms with Gasteiger partial charge in [-0.2, -0.15) is 5.10 Å². The van der Waals surface area contributed by atoms with Crippen LogP contribution in [0.3, 0.4) is 0 Å². The summed E-state index contributed by atoms with van der Waals surface area (Å²) in [6.07, 6.45) is 7.13. The molecular weight excluding hydrogens is 300 g/mol. The van der Waals surface area contributed by atoms with Crippen molar-refractivity contribution in [2.45, 2.75) is 38.1 Å². The Bertz CT molecular complexity index is 697. The van der Waals surface area contributed by atoms with E-state index in [2.05, 4.69) is 15.5 Å². The van der Waals surface area contributed by atoms with Gasteiger partial charge in [-0.25, -0.2) is 0 Å². The van der Waals surface area contributed by atoms with Gasteiger partial charge in [0.25, 0.3) is 0 Å². The van der Waals surface area contributed by atoms with Crippen LogP contribution < -0.4 is 11.1 Å². The number of anilines is 1. The lowest BCUT2D eigenvalue weighted by Gasteiger charge is -2.43. The van der Waals surface area contributed by atoms with Crippen molar-refractivity contribution in [3.63, 3.8) is 0 Å². The molecule has 24 heavy (non-hydrogen) atoms. The maximum absolute atomic E-state index is 12.8. The quantitative estimate of drug-likeness (QED) is 0.811. The summed E-state index contributed by atoms with van der Waals surface area (Å²) in [5.74, 6) is 1.19. The van der Waals surface area contributed by atoms with Crippen LogP contribution in [0.2, 0.25) is 0 Å². The Morgan fingerprint density at radius 3 is 2.58 bits per heavy atom. The molecule has 1 aromatic carbocycles. The molecule has 2 saturated carbocycles. The number of aromatic amines is 1. The fraction of sp³-hybridized carbons (Fsp3) is 0.474. The molecule has 2 aromatic rings. The van der Waals surface area contributed by atoms with Gasteiger partial charge in [-0.15, -0.1) is 0 Å². The molecule has 5 heteroatoms. The third-order valence-electron chi connectivity index (χ3n) is 5.74. The van der Waals surface area contributed by atoms with Crippen LogP contribution in [0, 0.1) is 17.8 Å². The number of fused-ring (bicyclic) bond motifs is 2. The maximum Gasteiger partial charge on any atom is 0.227 e. The van der Waals surface area contributed by atoms with Crippen molar-refractivity contribution >= 4 is 11.6 Å². The molecule has 0 saturated heterocycles. The predicted molar refractivity (Wildman–Crippen MR) is 94.2 cm³/mol. The van der Waals surface area contributed by atoms with E-state index in [4.69, 9.17) is 5.73 Å². The minimum atomic E-state index is 0.0682. The van der Waals surface area contributed by atoms with Gasteiger partial charge in [-0.1, -0.05) is 36.8 Å². The van der Waals surface area contributed by atoms with Crippen molar-refractivity contribution in [3.8, 4) is 11.3 Å². The van der Waals surface area contributed by atoms with Crippen LogP contribution >= 0.6 is 0 Å². The van der Waals surface area contributed by atoms with Gasteiger partial charge >= 0.3 is 0 Å². The lowest BCUT2D eigenvalue weighted by Crippen LogP contribution is -2.48. The van der Waals surface area contributed by atoms with Crippen molar-refractivity contribution < 1.29 is 4.79 Å². The van der Waals surface area contributed by atoms with E-state index in [1.54, 1.807) is 6.20 Å². The third kappa shape index (κ3) is 2.84. The normalized spacial score (nSPS) is 29.2. The standard InChI is InChI=1S/C19H24N4O/c20-17-13-7-4-8-14(17)10-15(9-13)19(24)22-16-11-21-23-18(16)12-5-2-1-3-6-12/h1-3,5-6,11,13-15,17H,4,7-10,20H2,(H,21,23)(H,22,24). The number of nitrogens with one attached hydrogen (secondary N) is 2. The molecule has 2 unspecified atom stereocenters. The van der Waals surface area contributed by atoms with E-state index in [-0.39, 0.29) is 17.9 Å². The molecule has 0 radical (unpaired) electrons. The van der Waals surface area contributed by atoms with Crippen LogP contribution in [0.4, 0.5) is 5.69 Å². The van der Waals surface area contributed by atoms with Gasteiger partial charge in [0.05, 0.1) is 17.6 Å². The van der Waals surface area contributed by atoms with Crippen LogP contribution in [-0.2, 0) is 4.79 Å². The minimum Gasteiger partial charge on any atom is -0.327 e. The monoisotopic (exact) mass is 324 g/mol. The fourth-order valence-corrected chi connectivity index (χ4v) is 4.44. The summed E-state index contributed by atoms with van der Waals surface area (Å²) >= 11 is 0. The van der Waals surface area contributed by atoms with Crippen molar-refractivity contribution in [2.24, 2.45) is 23.5 Å². The molecule has 1 amide bonds. The average molecular weight is 324 g/mol. The lowest BCUT2D eigenvalue weighted by atomic mass is 9.65. The van der Waals surface area contributed by atoms with Crippen LogP contribution in [-0.4, -0.2) is 22.1 Å². The summed E-state index contributed by atoms with van der Waals surface area (Å²) in [5, 5.41) is 10.2. The number of benzene rings is 1. The van der Waals surface area contributed by atoms with E-state index in [0.29, 0.717) is 11.8 Å². The van der Waals surface area contributed by atoms with Gasteiger partial charge in [0.1, 0.15) is 0 Å². The lowest BCUT2D eigenvalue weighted by molar-refractivity contribution is -0.122. The number of hydrogen-bond acceptors (Lipinski definition) is 3. The molecule has 126 valence electrons. The van der Waals surface area contributed by atoms with Crippen LogP contribution in [0.5, 0.6) is 0 Å². The maximum atomic E-state index is 12.8. The van der Waals surface area contributed by atoms with E-state index in [1.165, 1.54) is 19.3 Å². The molecule has 0 spiro atoms. The summed E-state index contributed by atoms with van der Waals surface area (Å²) in [5.41, 5.74) is 8.97. The number of nitrogens with zero attached hydrogens (tertiary/aromatic N) is 1. The van der Waals surface area contributed by atoms with Gasteiger partial charge in [0, 0.05) is 17.5 Å². The first kappa shape index (κ1) is 15.4. The molecular formula is C19H24N4O. The van der Waals surface area contributed by atoms with Crippen LogP contribution in [0.15, 0.2) is 36.5 Å². The molecule has 0 aliphatic heterocycles. The zero-order valence-electron chi connectivity index (χ0n) is 13.7. The highest BCUT2D eigenvalue weighted by molar-refractivity contribution is 5.96. The number of carbonyl (C=O) groups excluding carboxylic acids is 1. The summed E-state index contributed by atoms with van der Waals surface area (Å²) in [6, 6.07) is 10.2. The SMILES string of the molecule is NC1C2CCCC1CC(C(=O)Nc1cn[nH]c1-c1ccccc1)C2. The van der Waals surface area contributed by atoms with Gasteiger partial charge < -0.3 is 11.1 Å². The number of rotatable bonds is 3. The van der Waals surface area contributed by atoms with Gasteiger partial charge in [0.15, 0.2) is 0 Å². The van der Waals surface area contributed by atoms with E-state index in [9.17, 15) is 4.79 Å². The second-order valence-corrected chi connectivity index (χ2v) is 7.21. The van der Waals surface area contributed by atoms with Crippen molar-refractivity contribution in [3.05, 3.63) is 36.5 Å². The number of amides is 1. The third-order valence-corrected chi connectivity index (χ3v) is 5.74. The number of nitrogens with two attached hydrogens (primary N) is 1. The van der Waals surface area contributed by atoms with Gasteiger partial charge in [-0.3, -0.25) is 9.89 Å². The summed E-state index contributed by atoms with van der Waals surface area (Å²) in [4.78, 5) is 12.8. The molecule has 2 aliphatic rings. The first-order valence-electron chi connectivity index (χ1n) is 8.87. The molecule has 1 aromatic heterocycles. The average Bonchev–Trinajstić information content (AvgIpc) is 3.03. The molecule has 5 nitrogen and oxygen atoms in total. The Kier molecular flexibility index (Phi) is 4.10.